The first kappa shape index (κ1) is 23.3. The van der Waals surface area contributed by atoms with E-state index in [-0.39, 0.29) is 4.90 Å². The Labute approximate surface area is 153 Å². The summed E-state index contributed by atoms with van der Waals surface area (Å²) in [6.45, 7) is 4.00. The lowest BCUT2D eigenvalue weighted by atomic mass is 9.98. The summed E-state index contributed by atoms with van der Waals surface area (Å²) in [6.07, 6.45) is -9.39. The average Bonchev–Trinajstić information content (AvgIpc) is 2.63. The van der Waals surface area contributed by atoms with Gasteiger partial charge in [0.05, 0.1) is 23.6 Å². The number of nitrogens with zero attached hydrogens (tertiary/aromatic N) is 3. The van der Waals surface area contributed by atoms with Gasteiger partial charge in [0, 0.05) is 12.6 Å². The minimum absolute atomic E-state index is 0.275. The maximum absolute atomic E-state index is 14.3. The Morgan fingerprint density at radius 3 is 1.96 bits per heavy atom. The van der Waals surface area contributed by atoms with E-state index in [4.69, 9.17) is 5.26 Å². The van der Waals surface area contributed by atoms with Crippen LogP contribution in [0, 0.1) is 34.6 Å². The average molecular weight is 417 g/mol. The van der Waals surface area contributed by atoms with Crippen molar-refractivity contribution >= 4 is 11.5 Å². The minimum Gasteiger partial charge on any atom is -0.321 e. The molecular formula is C16H12F9N3. The van der Waals surface area contributed by atoms with Crippen LogP contribution in [0.4, 0.5) is 39.5 Å². The molecule has 1 unspecified atom stereocenters. The third-order valence-corrected chi connectivity index (χ3v) is 3.48. The van der Waals surface area contributed by atoms with E-state index in [2.05, 4.69) is 4.99 Å². The predicted octanol–water partition coefficient (Wildman–Crippen LogP) is 5.18. The highest BCUT2D eigenvalue weighted by Crippen LogP contribution is 2.39. The fraction of sp³-hybridized carbons (Fsp3) is 0.375. The number of hydrogen-bond donors (Lipinski definition) is 0. The van der Waals surface area contributed by atoms with E-state index in [0.29, 0.717) is 7.05 Å². The van der Waals surface area contributed by atoms with E-state index >= 15 is 0 Å². The topological polar surface area (TPSA) is 39.4 Å². The second kappa shape index (κ2) is 8.53. The Morgan fingerprint density at radius 2 is 1.50 bits per heavy atom. The van der Waals surface area contributed by atoms with Gasteiger partial charge in [-0.25, -0.2) is 22.6 Å². The van der Waals surface area contributed by atoms with Gasteiger partial charge in [0.2, 0.25) is 18.1 Å². The molecule has 154 valence electrons. The SMILES string of the molecule is CC.CN1C(F)=C(c2c(F)c(F)c(F)c(CC#N)c2F)C(F)=NC1C(F)(F)F. The van der Waals surface area contributed by atoms with Crippen LogP contribution in [0.3, 0.4) is 0 Å². The van der Waals surface area contributed by atoms with E-state index in [0.717, 1.165) is 0 Å². The van der Waals surface area contributed by atoms with Crippen LogP contribution >= 0.6 is 0 Å². The molecule has 1 aliphatic rings. The molecule has 28 heavy (non-hydrogen) atoms. The molecule has 2 rings (SSSR count). The van der Waals surface area contributed by atoms with Gasteiger partial charge in [-0.05, 0) is 0 Å². The Morgan fingerprint density at radius 1 is 0.964 bits per heavy atom. The van der Waals surface area contributed by atoms with Crippen LogP contribution < -0.4 is 0 Å². The number of alkyl halides is 3. The second-order valence-corrected chi connectivity index (χ2v) is 5.06. The molecule has 0 amide bonds. The molecule has 1 heterocycles. The molecule has 1 atom stereocenters. The predicted molar refractivity (Wildman–Crippen MR) is 81.1 cm³/mol. The smallest absolute Gasteiger partial charge is 0.321 e. The number of aliphatic imine (C=N–C) groups is 1. The second-order valence-electron chi connectivity index (χ2n) is 5.06. The van der Waals surface area contributed by atoms with E-state index in [1.54, 1.807) is 0 Å². The molecule has 0 bridgehead atoms. The summed E-state index contributed by atoms with van der Waals surface area (Å²) in [5, 5.41) is 8.48. The Bertz CT molecular complexity index is 866. The van der Waals surface area contributed by atoms with Crippen molar-refractivity contribution in [1.82, 2.24) is 4.90 Å². The highest BCUT2D eigenvalue weighted by molar-refractivity contribution is 6.20. The van der Waals surface area contributed by atoms with Crippen LogP contribution in [0.1, 0.15) is 25.0 Å². The van der Waals surface area contributed by atoms with Gasteiger partial charge in [-0.1, -0.05) is 13.8 Å². The fourth-order valence-corrected chi connectivity index (χ4v) is 2.26. The van der Waals surface area contributed by atoms with Crippen LogP contribution in [0.5, 0.6) is 0 Å². The van der Waals surface area contributed by atoms with Crippen molar-refractivity contribution in [3.8, 4) is 6.07 Å². The molecule has 0 N–H and O–H groups in total. The normalized spacial score (nSPS) is 17.0. The van der Waals surface area contributed by atoms with Crippen molar-refractivity contribution in [1.29, 1.82) is 5.26 Å². The van der Waals surface area contributed by atoms with Crippen molar-refractivity contribution in [2.45, 2.75) is 32.6 Å². The first-order chi connectivity index (χ1) is 12.9. The Balaban J connectivity index is 0.00000190. The number of benzene rings is 1. The van der Waals surface area contributed by atoms with Gasteiger partial charge >= 0.3 is 6.18 Å². The molecule has 0 aromatic heterocycles. The largest absolute Gasteiger partial charge is 0.429 e. The summed E-state index contributed by atoms with van der Waals surface area (Å²) in [4.78, 5) is 2.22. The maximum atomic E-state index is 14.3. The monoisotopic (exact) mass is 417 g/mol. The van der Waals surface area contributed by atoms with Crippen molar-refractivity contribution < 1.29 is 39.5 Å². The summed E-state index contributed by atoms with van der Waals surface area (Å²) in [5.41, 5.74) is -4.91. The van der Waals surface area contributed by atoms with Crippen LogP contribution in [0.25, 0.3) is 5.57 Å². The Hall–Kier alpha value is -2.71. The van der Waals surface area contributed by atoms with Crippen molar-refractivity contribution in [2.75, 3.05) is 7.05 Å². The van der Waals surface area contributed by atoms with E-state index in [1.807, 2.05) is 13.8 Å². The highest BCUT2D eigenvalue weighted by Gasteiger charge is 2.48. The van der Waals surface area contributed by atoms with Crippen LogP contribution in [-0.4, -0.2) is 30.3 Å². The summed E-state index contributed by atoms with van der Waals surface area (Å²) in [5.74, 6) is -13.2. The molecule has 12 heteroatoms. The molecule has 1 aromatic rings. The van der Waals surface area contributed by atoms with Crippen LogP contribution in [-0.2, 0) is 6.42 Å². The number of rotatable bonds is 2. The summed E-state index contributed by atoms with van der Waals surface area (Å²) in [6, 6.07) is 1.24. The summed E-state index contributed by atoms with van der Waals surface area (Å²) >= 11 is 0. The van der Waals surface area contributed by atoms with Gasteiger partial charge in [0.15, 0.2) is 17.5 Å². The quantitative estimate of drug-likeness (QED) is 0.288. The zero-order chi connectivity index (χ0) is 22.0. The maximum Gasteiger partial charge on any atom is 0.429 e. The standard InChI is InChI=1S/C14H6F9N3.C2H6/c1-26-12(20)6(11(19)25-13(26)14(21,22)23)5-7(15)4(2-3-24)8(16)10(18)9(5)17;1-2/h13H,2H2,1H3;1-2H3. The minimum atomic E-state index is -5.23. The lowest BCUT2D eigenvalue weighted by Crippen LogP contribution is -2.44. The van der Waals surface area contributed by atoms with Gasteiger partial charge < -0.3 is 4.90 Å². The zero-order valence-electron chi connectivity index (χ0n) is 14.5. The lowest BCUT2D eigenvalue weighted by Gasteiger charge is -2.31. The number of hydrogen-bond acceptors (Lipinski definition) is 3. The number of allylic oxidation sites excluding steroid dienone is 1. The fourth-order valence-electron chi connectivity index (χ4n) is 2.26. The lowest BCUT2D eigenvalue weighted by molar-refractivity contribution is -0.176. The first-order valence-electron chi connectivity index (χ1n) is 7.58. The molecule has 1 aromatic carbocycles. The summed E-state index contributed by atoms with van der Waals surface area (Å²) < 4.78 is 122. The molecule has 0 aliphatic carbocycles. The molecule has 1 aliphatic heterocycles. The number of halogens is 9. The molecule has 0 fully saturated rings. The molecule has 0 saturated heterocycles. The van der Waals surface area contributed by atoms with Crippen molar-refractivity contribution in [2.24, 2.45) is 4.99 Å². The van der Waals surface area contributed by atoms with Crippen LogP contribution in [0.2, 0.25) is 0 Å². The van der Waals surface area contributed by atoms with Gasteiger partial charge in [-0.15, -0.1) is 0 Å². The van der Waals surface area contributed by atoms with Gasteiger partial charge in [-0.3, -0.25) is 0 Å². The third-order valence-electron chi connectivity index (χ3n) is 3.48. The first-order valence-corrected chi connectivity index (χ1v) is 7.58. The molecule has 0 spiro atoms. The van der Waals surface area contributed by atoms with Gasteiger partial charge in [0.1, 0.15) is 5.82 Å². The van der Waals surface area contributed by atoms with Crippen molar-refractivity contribution in [3.63, 3.8) is 0 Å². The zero-order valence-corrected chi connectivity index (χ0v) is 14.5. The molecule has 0 saturated carbocycles. The molecule has 0 radical (unpaired) electrons. The van der Waals surface area contributed by atoms with E-state index in [1.165, 1.54) is 6.07 Å². The van der Waals surface area contributed by atoms with E-state index in [9.17, 15) is 39.5 Å². The van der Waals surface area contributed by atoms with Crippen molar-refractivity contribution in [3.05, 3.63) is 40.3 Å². The highest BCUT2D eigenvalue weighted by atomic mass is 19.4. The van der Waals surface area contributed by atoms with Crippen LogP contribution in [0.15, 0.2) is 10.9 Å². The van der Waals surface area contributed by atoms with E-state index < -0.39 is 70.6 Å². The number of nitriles is 1. The summed E-state index contributed by atoms with van der Waals surface area (Å²) in [7, 11) is 0.468. The molecule has 3 nitrogen and oxygen atoms in total. The van der Waals surface area contributed by atoms with Gasteiger partial charge in [0.25, 0.3) is 0 Å². The Kier molecular flexibility index (Phi) is 7.11. The van der Waals surface area contributed by atoms with Gasteiger partial charge in [-0.2, -0.15) is 27.2 Å². The third kappa shape index (κ3) is 3.93. The molecular weight excluding hydrogens is 405 g/mol.